The maximum absolute atomic E-state index is 6.16. The van der Waals surface area contributed by atoms with E-state index in [1.165, 1.54) is 57.8 Å². The van der Waals surface area contributed by atoms with Gasteiger partial charge in [0.25, 0.3) is 0 Å². The molecule has 0 radical (unpaired) electrons. The first-order chi connectivity index (χ1) is 9.67. The Bertz CT molecular complexity index is 215. The number of hydrogen-bond donors (Lipinski definition) is 0. The third kappa shape index (κ3) is 11.6. The highest BCUT2D eigenvalue weighted by Gasteiger charge is 2.13. The summed E-state index contributed by atoms with van der Waals surface area (Å²) in [6, 6.07) is 0. The van der Waals surface area contributed by atoms with Crippen LogP contribution in [0.4, 0.5) is 0 Å². The van der Waals surface area contributed by atoms with Gasteiger partial charge in [0.2, 0.25) is 0 Å². The van der Waals surface area contributed by atoms with Crippen molar-refractivity contribution in [3.05, 3.63) is 0 Å². The van der Waals surface area contributed by atoms with Crippen LogP contribution in [0.5, 0.6) is 0 Å². The van der Waals surface area contributed by atoms with Gasteiger partial charge in [-0.25, -0.2) is 0 Å². The van der Waals surface area contributed by atoms with Crippen molar-refractivity contribution < 1.29 is 4.52 Å². The summed E-state index contributed by atoms with van der Waals surface area (Å²) in [4.78, 5) is 0. The molecule has 122 valence electrons. The topological polar surface area (TPSA) is 9.23 Å². The lowest BCUT2D eigenvalue weighted by atomic mass is 10.1. The lowest BCUT2D eigenvalue weighted by molar-refractivity contribution is 0.214. The minimum atomic E-state index is -1.08. The zero-order chi connectivity index (χ0) is 15.2. The highest BCUT2D eigenvalue weighted by atomic mass is 32.9. The predicted octanol–water partition coefficient (Wildman–Crippen LogP) is 6.96. The fourth-order valence-corrected chi connectivity index (χ4v) is 7.45. The second-order valence-corrected chi connectivity index (χ2v) is 10.9. The molecule has 0 aromatic carbocycles. The SMILES string of the molecule is CCCCC[C@H](CC)O[PH](=S)S[C@@H](CC)CCCCC. The first kappa shape index (κ1) is 21.0. The van der Waals surface area contributed by atoms with Crippen LogP contribution in [0.15, 0.2) is 0 Å². The summed E-state index contributed by atoms with van der Waals surface area (Å²) in [5.41, 5.74) is 0. The summed E-state index contributed by atoms with van der Waals surface area (Å²) < 4.78 is 6.16. The molecule has 0 bridgehead atoms. The third-order valence-corrected chi connectivity index (χ3v) is 8.34. The molecular formula is C16H35OPS2. The van der Waals surface area contributed by atoms with E-state index < -0.39 is 6.13 Å². The molecule has 0 aliphatic heterocycles. The van der Waals surface area contributed by atoms with Crippen molar-refractivity contribution in [1.29, 1.82) is 0 Å². The Morgan fingerprint density at radius 2 is 1.50 bits per heavy atom. The summed E-state index contributed by atoms with van der Waals surface area (Å²) in [6.45, 7) is 9.03. The summed E-state index contributed by atoms with van der Waals surface area (Å²) >= 11 is 7.60. The Labute approximate surface area is 137 Å². The minimum absolute atomic E-state index is 0.411. The second kappa shape index (κ2) is 14.9. The first-order valence-corrected chi connectivity index (χ1v) is 12.7. The molecule has 0 amide bonds. The highest BCUT2D eigenvalue weighted by Crippen LogP contribution is 2.46. The monoisotopic (exact) mass is 338 g/mol. The van der Waals surface area contributed by atoms with Crippen LogP contribution in [0.25, 0.3) is 0 Å². The second-order valence-electron chi connectivity index (χ2n) is 5.54. The Balaban J connectivity index is 3.96. The molecule has 0 saturated carbocycles. The van der Waals surface area contributed by atoms with Crippen molar-refractivity contribution in [3.63, 3.8) is 0 Å². The zero-order valence-corrected chi connectivity index (χ0v) is 16.6. The molecule has 0 aliphatic carbocycles. The molecular weight excluding hydrogens is 303 g/mol. The van der Waals surface area contributed by atoms with Crippen LogP contribution in [0.1, 0.15) is 91.9 Å². The first-order valence-electron chi connectivity index (χ1n) is 8.55. The van der Waals surface area contributed by atoms with Crippen LogP contribution in [-0.4, -0.2) is 11.4 Å². The lowest BCUT2D eigenvalue weighted by Crippen LogP contribution is -2.07. The molecule has 0 heterocycles. The Hall–Kier alpha value is 0.960. The van der Waals surface area contributed by atoms with Gasteiger partial charge in [-0.2, -0.15) is 0 Å². The number of rotatable bonds is 14. The van der Waals surface area contributed by atoms with Gasteiger partial charge < -0.3 is 4.52 Å². The fourth-order valence-electron chi connectivity index (χ4n) is 2.24. The van der Waals surface area contributed by atoms with Gasteiger partial charge >= 0.3 is 0 Å². The summed E-state index contributed by atoms with van der Waals surface area (Å²) in [5, 5.41) is 0.723. The molecule has 0 aromatic rings. The maximum Gasteiger partial charge on any atom is 0.108 e. The van der Waals surface area contributed by atoms with Gasteiger partial charge in [-0.1, -0.05) is 89.4 Å². The van der Waals surface area contributed by atoms with Gasteiger partial charge in [-0.3, -0.25) is 0 Å². The van der Waals surface area contributed by atoms with E-state index >= 15 is 0 Å². The standard InChI is InChI=1S/C16H35OPS2/c1-5-9-11-13-15(7-3)17-18(19)20-16(8-4)14-12-10-6-2/h15-16,18H,5-14H2,1-4H3/t15-,16-/m0/s1. The normalized spacial score (nSPS) is 16.0. The number of hydrogen-bond acceptors (Lipinski definition) is 3. The van der Waals surface area contributed by atoms with Crippen molar-refractivity contribution in [2.24, 2.45) is 0 Å². The summed E-state index contributed by atoms with van der Waals surface area (Å²) in [7, 11) is 0. The molecule has 0 saturated heterocycles. The van der Waals surface area contributed by atoms with Crippen molar-refractivity contribution in [2.75, 3.05) is 0 Å². The van der Waals surface area contributed by atoms with Gasteiger partial charge in [0.15, 0.2) is 0 Å². The van der Waals surface area contributed by atoms with Gasteiger partial charge in [-0.15, -0.1) is 0 Å². The molecule has 20 heavy (non-hydrogen) atoms. The fraction of sp³-hybridized carbons (Fsp3) is 1.00. The molecule has 0 rings (SSSR count). The van der Waals surface area contributed by atoms with E-state index in [4.69, 9.17) is 16.3 Å². The lowest BCUT2D eigenvalue weighted by Gasteiger charge is -2.20. The van der Waals surface area contributed by atoms with Crippen molar-refractivity contribution in [2.45, 2.75) is 103 Å². The van der Waals surface area contributed by atoms with Crippen LogP contribution in [-0.2, 0) is 16.3 Å². The molecule has 0 aliphatic rings. The summed E-state index contributed by atoms with van der Waals surface area (Å²) in [5.74, 6) is 0. The zero-order valence-electron chi connectivity index (χ0n) is 14.0. The Kier molecular flexibility index (Phi) is 15.6. The molecule has 1 nitrogen and oxygen atoms in total. The van der Waals surface area contributed by atoms with Crippen molar-refractivity contribution in [1.82, 2.24) is 0 Å². The van der Waals surface area contributed by atoms with Crippen LogP contribution >= 0.6 is 17.5 Å². The van der Waals surface area contributed by atoms with E-state index in [-0.39, 0.29) is 0 Å². The van der Waals surface area contributed by atoms with Gasteiger partial charge in [0.05, 0.1) is 6.10 Å². The number of unbranched alkanes of at least 4 members (excludes halogenated alkanes) is 4. The van der Waals surface area contributed by atoms with Gasteiger partial charge in [0.1, 0.15) is 6.13 Å². The van der Waals surface area contributed by atoms with E-state index in [1.54, 1.807) is 0 Å². The third-order valence-electron chi connectivity index (χ3n) is 3.70. The Morgan fingerprint density at radius 3 is 2.00 bits per heavy atom. The largest absolute Gasteiger partial charge is 0.341 e. The molecule has 0 aromatic heterocycles. The van der Waals surface area contributed by atoms with E-state index in [2.05, 4.69) is 27.7 Å². The van der Waals surface area contributed by atoms with Crippen LogP contribution < -0.4 is 0 Å². The van der Waals surface area contributed by atoms with Crippen molar-refractivity contribution in [3.8, 4) is 0 Å². The average Bonchev–Trinajstić information content (AvgIpc) is 2.45. The van der Waals surface area contributed by atoms with E-state index in [0.717, 1.165) is 11.7 Å². The van der Waals surface area contributed by atoms with Crippen LogP contribution in [0, 0.1) is 0 Å². The molecule has 1 unspecified atom stereocenters. The average molecular weight is 339 g/mol. The predicted molar refractivity (Wildman–Crippen MR) is 101 cm³/mol. The van der Waals surface area contributed by atoms with E-state index in [9.17, 15) is 0 Å². The van der Waals surface area contributed by atoms with Gasteiger partial charge in [-0.05, 0) is 25.7 Å². The maximum atomic E-state index is 6.16. The quantitative estimate of drug-likeness (QED) is 0.250. The van der Waals surface area contributed by atoms with Gasteiger partial charge in [0, 0.05) is 5.25 Å². The molecule has 3 atom stereocenters. The summed E-state index contributed by atoms with van der Waals surface area (Å²) in [6.07, 6.45) is 12.1. The molecule has 0 spiro atoms. The van der Waals surface area contributed by atoms with Crippen molar-refractivity contribution >= 4 is 29.3 Å². The van der Waals surface area contributed by atoms with E-state index in [1.807, 2.05) is 11.4 Å². The van der Waals surface area contributed by atoms with Crippen LogP contribution in [0.3, 0.4) is 0 Å². The Morgan fingerprint density at radius 1 is 0.900 bits per heavy atom. The minimum Gasteiger partial charge on any atom is -0.341 e. The van der Waals surface area contributed by atoms with Crippen LogP contribution in [0.2, 0.25) is 0 Å². The van der Waals surface area contributed by atoms with E-state index in [0.29, 0.717) is 6.10 Å². The smallest absolute Gasteiger partial charge is 0.108 e. The highest BCUT2D eigenvalue weighted by molar-refractivity contribution is 8.63. The molecule has 4 heteroatoms. The molecule has 0 N–H and O–H groups in total. The molecule has 0 fully saturated rings.